The van der Waals surface area contributed by atoms with Gasteiger partial charge in [-0.25, -0.2) is 13.1 Å². The first-order valence-electron chi connectivity index (χ1n) is 35.0. The van der Waals surface area contributed by atoms with Crippen molar-refractivity contribution in [1.82, 2.24) is 4.67 Å². The van der Waals surface area contributed by atoms with E-state index in [9.17, 15) is 71.5 Å². The number of ketones is 2. The number of benzene rings is 4. The molecule has 28 nitrogen and oxygen atoms in total. The number of unbranched alkanes of at least 4 members (excludes halogenated alkanes) is 2. The Bertz CT molecular complexity index is 4690. The van der Waals surface area contributed by atoms with E-state index in [2.05, 4.69) is 91.7 Å². The molecular weight excluding hydrogens is 1540 g/mol. The quantitative estimate of drug-likeness (QED) is 0.00428. The summed E-state index contributed by atoms with van der Waals surface area (Å²) in [6.45, 7) is 21.4. The van der Waals surface area contributed by atoms with Crippen molar-refractivity contribution in [2.75, 3.05) is 81.9 Å². The van der Waals surface area contributed by atoms with Crippen molar-refractivity contribution in [3.05, 3.63) is 177 Å². The number of aliphatic hydroxyl groups excluding tert-OH is 1. The maximum absolute atomic E-state index is 14.0. The molecule has 582 valence electrons. The van der Waals surface area contributed by atoms with Gasteiger partial charge in [0.2, 0.25) is 11.5 Å². The van der Waals surface area contributed by atoms with Crippen molar-refractivity contribution in [2.45, 2.75) is 151 Å². The summed E-state index contributed by atoms with van der Waals surface area (Å²) in [5.41, 5.74) is 4.84. The second-order valence-corrected chi connectivity index (χ2v) is 36.0. The van der Waals surface area contributed by atoms with Gasteiger partial charge in [-0.3, -0.25) is 33.5 Å². The van der Waals surface area contributed by atoms with Gasteiger partial charge in [0.1, 0.15) is 22.0 Å². The van der Waals surface area contributed by atoms with E-state index in [0.29, 0.717) is 117 Å². The van der Waals surface area contributed by atoms with E-state index in [1.165, 1.54) is 22.8 Å². The van der Waals surface area contributed by atoms with Gasteiger partial charge in [0.25, 0.3) is 8.53 Å². The number of allylic oxidation sites excluding steroid dienone is 9. The van der Waals surface area contributed by atoms with E-state index in [-0.39, 0.29) is 136 Å². The topological polar surface area (TPSA) is 414 Å². The van der Waals surface area contributed by atoms with Gasteiger partial charge in [0.05, 0.1) is 109 Å². The molecule has 6 N–H and O–H groups in total. The van der Waals surface area contributed by atoms with Crippen molar-refractivity contribution in [3.63, 3.8) is 0 Å². The number of carboxylic acid groups (broad SMARTS) is 1. The maximum Gasteiger partial charge on any atom is 1.00 e. The van der Waals surface area contributed by atoms with Crippen molar-refractivity contribution >= 4 is 97.6 Å². The molecule has 0 aromatic heterocycles. The van der Waals surface area contributed by atoms with Crippen molar-refractivity contribution in [1.29, 1.82) is 5.26 Å². The molecule has 35 heteroatoms. The third-order valence-corrected chi connectivity index (χ3v) is 25.1. The Kier molecular flexibility index (Phi) is 31.8. The largest absolute Gasteiger partial charge is 1.00 e. The van der Waals surface area contributed by atoms with E-state index in [4.69, 9.17) is 33.9 Å². The van der Waals surface area contributed by atoms with Crippen LogP contribution in [0.5, 0.6) is 0 Å². The molecule has 3 atom stereocenters. The van der Waals surface area contributed by atoms with Crippen LogP contribution in [0.15, 0.2) is 169 Å². The number of hydrogen-bond donors (Lipinski definition) is 6. The second-order valence-electron chi connectivity index (χ2n) is 28.8. The first kappa shape index (κ1) is 92.0. The van der Waals surface area contributed by atoms with Gasteiger partial charge in [0.15, 0.2) is 18.0 Å². The molecule has 0 saturated carbocycles. The number of nitriles is 1. The number of nitrogens with zero attached hydrogens (tertiary/aromatic N) is 6. The van der Waals surface area contributed by atoms with Crippen LogP contribution in [-0.2, 0) is 83.2 Å². The zero-order valence-corrected chi connectivity index (χ0v) is 72.2. The van der Waals surface area contributed by atoms with Crippen LogP contribution in [0.25, 0.3) is 0 Å². The molecule has 0 saturated heterocycles. The first-order valence-corrected chi connectivity index (χ1v) is 41.9. The van der Waals surface area contributed by atoms with Crippen molar-refractivity contribution in [2.24, 2.45) is 4.99 Å². The van der Waals surface area contributed by atoms with E-state index in [1.54, 1.807) is 56.0 Å². The Morgan fingerprint density at radius 1 is 0.745 bits per heavy atom. The van der Waals surface area contributed by atoms with Gasteiger partial charge in [-0.2, -0.15) is 14.2 Å². The Morgan fingerprint density at radius 3 is 1.99 bits per heavy atom. The predicted octanol–water partition coefficient (Wildman–Crippen LogP) is 4.37. The minimum Gasteiger partial charge on any atom is -0.871 e. The molecule has 6 aliphatic rings. The van der Waals surface area contributed by atoms with Gasteiger partial charge in [-0.1, -0.05) is 68.8 Å². The van der Waals surface area contributed by atoms with Gasteiger partial charge < -0.3 is 73.0 Å². The number of rotatable bonds is 35. The first-order chi connectivity index (χ1) is 50.7. The van der Waals surface area contributed by atoms with Crippen molar-refractivity contribution < 1.29 is 168 Å². The molecule has 4 heterocycles. The molecular formula is C75H91N6Na2O22P3S2. The van der Waals surface area contributed by atoms with E-state index in [1.807, 2.05) is 37.4 Å². The number of carbonyl (C=O) groups is 3. The average molecular weight is 1630 g/mol. The summed E-state index contributed by atoms with van der Waals surface area (Å²) < 4.78 is 91.9. The SMILES string of the molecule is CC(C)N(C(C)C)P(OCCC#N)OCCOCCOC[C@]1(C)C(=CC2=C(O)C(=CC3=Nc4ccccc4C3(C)C)C2=O)N(C)c2ccccc21.CC1(C)C(C=C2C(=O)C(C=C3N(CCP(=O)(O)O)c4ccc(SOO[O-])cc4[C@@]3(C)CCCCCC(=O)O)=C2[O-])=[N+](CCP(=O)(O)O)c2ccc(S(=O)(=O)[O-])cc21.[Na+].[Na+]. The predicted molar refractivity (Wildman–Crippen MR) is 402 cm³/mol. The molecule has 110 heavy (non-hydrogen) atoms. The summed E-state index contributed by atoms with van der Waals surface area (Å²) in [5, 5.41) is 57.3. The summed E-state index contributed by atoms with van der Waals surface area (Å²) in [4.78, 5) is 86.0. The van der Waals surface area contributed by atoms with Crippen LogP contribution in [-0.4, -0.2) is 165 Å². The summed E-state index contributed by atoms with van der Waals surface area (Å²) in [5.74, 6) is -2.61. The number of anilines is 2. The zero-order valence-electron chi connectivity index (χ0n) is 63.9. The molecule has 0 bridgehead atoms. The van der Waals surface area contributed by atoms with E-state index < -0.39 is 84.8 Å². The molecule has 2 aliphatic carbocycles. The van der Waals surface area contributed by atoms with Crippen LogP contribution in [0.1, 0.15) is 130 Å². The fraction of sp³-hybridized carbons (Fsp3) is 0.440. The molecule has 0 spiro atoms. The molecule has 1 unspecified atom stereocenters. The monoisotopic (exact) mass is 1630 g/mol. The number of fused-ring (bicyclic) bond motifs is 4. The standard InChI is InChI=1S/C40H51N4O6P.C35H42N2O16P2S2.2Na/c1-27(2)44(28(3)4)51(49-19-13-18-41)50-23-22-47-20-21-48-26-40(7)32-15-10-12-17-34(32)43(8)36(40)25-30-37(45)29(38(30)46)24-35-39(5,6)31-14-9-11-16-33(31)42-35;1-34(2)25-18-22(57(49,50)51)9-11-27(25)36(13-15-54(43,44)45)29(34)19-23-32(40)24(33(23)41)20-30-35(3,12-6-4-5-7-31(38)39)26-17-21(56-53-52-42)8-10-28(26)37(30)14-16-55(46,47)48;;/h9-12,14-17,24-25,27-28,45H,13,19-23,26H2,1-8H3;8-11,17-20H,4-7,12-16H2,1-3H3,(H7-,38,39,40,41,42,43,44,45,46,47,48,49,50,51);;/q;;2*+1/p-2/t40-,51?;35-;;/m01../s1. The fourth-order valence-electron chi connectivity index (χ4n) is 14.4. The Balaban J connectivity index is 0.000000302. The minimum atomic E-state index is -4.90. The van der Waals surface area contributed by atoms with Gasteiger partial charge in [-0.05, 0) is 146 Å². The number of likely N-dealkylation sites (N-methyl/N-ethyl adjacent to an activating group) is 1. The Morgan fingerprint density at radius 2 is 1.37 bits per heavy atom. The third kappa shape index (κ3) is 20.7. The van der Waals surface area contributed by atoms with Crippen LogP contribution in [0.2, 0.25) is 0 Å². The van der Waals surface area contributed by atoms with Crippen LogP contribution < -0.4 is 79.3 Å². The average Bonchev–Trinajstić information content (AvgIpc) is 1.45. The molecule has 10 rings (SSSR count). The van der Waals surface area contributed by atoms with Gasteiger partial charge in [-0.15, -0.1) is 0 Å². The number of Topliss-reactive ketones (excluding diaryl/α,β-unsaturated/α-hetero) is 2. The minimum absolute atomic E-state index is 0. The van der Waals surface area contributed by atoms with Crippen molar-refractivity contribution in [3.8, 4) is 6.07 Å². The summed E-state index contributed by atoms with van der Waals surface area (Å²) >= 11 is 0.612. The van der Waals surface area contributed by atoms with E-state index >= 15 is 0 Å². The summed E-state index contributed by atoms with van der Waals surface area (Å²) in [7, 11) is -13.4. The van der Waals surface area contributed by atoms with Gasteiger partial charge >= 0.3 is 80.3 Å². The number of hydrogen-bond acceptors (Lipinski definition) is 23. The van der Waals surface area contributed by atoms with E-state index in [0.717, 1.165) is 46.0 Å². The van der Waals surface area contributed by atoms with Crippen LogP contribution in [0.4, 0.5) is 22.7 Å². The smallest absolute Gasteiger partial charge is 0.871 e. The molecule has 0 radical (unpaired) electrons. The summed E-state index contributed by atoms with van der Waals surface area (Å²) in [6, 6.07) is 27.1. The van der Waals surface area contributed by atoms with Gasteiger partial charge in [0, 0.05) is 99.4 Å². The number of carboxylic acids is 1. The molecule has 0 amide bonds. The number of ether oxygens (including phenoxy) is 2. The normalized spacial score (nSPS) is 20.7. The van der Waals surface area contributed by atoms with Crippen LogP contribution in [0, 0.1) is 11.3 Å². The Labute approximate surface area is 691 Å². The number of carbonyl (C=O) groups excluding carboxylic acids is 2. The zero-order chi connectivity index (χ0) is 79.2. The second kappa shape index (κ2) is 38.1. The fourth-order valence-corrected chi connectivity index (χ4v) is 17.8. The number of aliphatic carboxylic acids is 1. The molecule has 4 aliphatic heterocycles. The Hall–Kier alpha value is -5.17. The number of para-hydroxylation sites is 2. The van der Waals surface area contributed by atoms with Crippen LogP contribution in [0.3, 0.4) is 0 Å². The number of aliphatic imine (C=N–C) groups is 1. The molecule has 4 aromatic rings. The summed E-state index contributed by atoms with van der Waals surface area (Å²) in [6.07, 6.45) is 6.84. The van der Waals surface area contributed by atoms with Crippen LogP contribution >= 0.6 is 35.8 Å². The number of aliphatic hydroxyl groups is 1. The maximum atomic E-state index is 14.0. The third-order valence-electron chi connectivity index (χ3n) is 20.0. The molecule has 4 aromatic carbocycles. The molecule has 0 fully saturated rings.